The maximum Gasteiger partial charge on any atom is 0.306 e. The second-order valence-corrected chi connectivity index (χ2v) is 7.81. The first-order valence-electron chi connectivity index (χ1n) is 8.76. The van der Waals surface area contributed by atoms with Gasteiger partial charge in [0.05, 0.1) is 0 Å². The van der Waals surface area contributed by atoms with Crippen LogP contribution in [0.25, 0.3) is 0 Å². The number of carbonyl (C=O) groups excluding carboxylic acids is 1. The molecule has 1 fully saturated rings. The number of benzene rings is 1. The van der Waals surface area contributed by atoms with Crippen molar-refractivity contribution in [2.75, 3.05) is 5.88 Å². The largest absolute Gasteiger partial charge is 0.462 e. The van der Waals surface area contributed by atoms with E-state index >= 15 is 0 Å². The minimum absolute atomic E-state index is 0.00116. The van der Waals surface area contributed by atoms with Crippen LogP contribution in [0.1, 0.15) is 58.4 Å². The molecule has 23 heavy (non-hydrogen) atoms. The van der Waals surface area contributed by atoms with Crippen molar-refractivity contribution in [1.29, 1.82) is 0 Å². The average molecular weight is 337 g/mol. The van der Waals surface area contributed by atoms with E-state index in [1.165, 1.54) is 12.0 Å². The Hall–Kier alpha value is -1.02. The summed E-state index contributed by atoms with van der Waals surface area (Å²) in [6, 6.07) is 10.6. The summed E-state index contributed by atoms with van der Waals surface area (Å²) < 4.78 is 5.89. The van der Waals surface area contributed by atoms with Crippen molar-refractivity contribution >= 4 is 17.6 Å². The number of halogens is 1. The molecule has 0 bridgehead atoms. The zero-order chi connectivity index (χ0) is 16.9. The second kappa shape index (κ2) is 8.19. The SMILES string of the molecule is C[C@@H]1CC[C@@H](C(C)(C)c2ccccc2)[C@H](OC(=O)CCCCl)C1. The van der Waals surface area contributed by atoms with E-state index in [9.17, 15) is 4.79 Å². The summed E-state index contributed by atoms with van der Waals surface area (Å²) >= 11 is 5.69. The van der Waals surface area contributed by atoms with Crippen molar-refractivity contribution in [1.82, 2.24) is 0 Å². The first kappa shape index (κ1) is 18.3. The molecule has 2 rings (SSSR count). The van der Waals surface area contributed by atoms with E-state index in [0.717, 1.165) is 12.8 Å². The van der Waals surface area contributed by atoms with E-state index in [4.69, 9.17) is 16.3 Å². The van der Waals surface area contributed by atoms with E-state index in [1.807, 2.05) is 6.07 Å². The van der Waals surface area contributed by atoms with Crippen LogP contribution in [-0.2, 0) is 14.9 Å². The third-order valence-corrected chi connectivity index (χ3v) is 5.56. The van der Waals surface area contributed by atoms with Gasteiger partial charge in [-0.2, -0.15) is 0 Å². The third kappa shape index (κ3) is 4.73. The van der Waals surface area contributed by atoms with Gasteiger partial charge in [-0.05, 0) is 36.2 Å². The number of alkyl halides is 1. The van der Waals surface area contributed by atoms with Gasteiger partial charge in [-0.15, -0.1) is 11.6 Å². The number of carbonyl (C=O) groups is 1. The van der Waals surface area contributed by atoms with Crippen molar-refractivity contribution in [2.45, 2.75) is 64.4 Å². The third-order valence-electron chi connectivity index (χ3n) is 5.30. The van der Waals surface area contributed by atoms with Gasteiger partial charge in [0.25, 0.3) is 0 Å². The van der Waals surface area contributed by atoms with E-state index in [1.54, 1.807) is 0 Å². The Morgan fingerprint density at radius 1 is 1.26 bits per heavy atom. The zero-order valence-electron chi connectivity index (χ0n) is 14.6. The summed E-state index contributed by atoms with van der Waals surface area (Å²) in [5.41, 5.74) is 1.32. The molecule has 0 N–H and O–H groups in total. The minimum atomic E-state index is -0.0985. The van der Waals surface area contributed by atoms with Crippen LogP contribution in [0.5, 0.6) is 0 Å². The Bertz CT molecular complexity index is 498. The Balaban J connectivity index is 2.14. The maximum atomic E-state index is 12.1. The molecule has 0 aromatic heterocycles. The van der Waals surface area contributed by atoms with Crippen molar-refractivity contribution < 1.29 is 9.53 Å². The van der Waals surface area contributed by atoms with Crippen LogP contribution in [0.3, 0.4) is 0 Å². The summed E-state index contributed by atoms with van der Waals surface area (Å²) in [7, 11) is 0. The number of esters is 1. The lowest BCUT2D eigenvalue weighted by Gasteiger charge is -2.44. The van der Waals surface area contributed by atoms with Crippen LogP contribution in [0.4, 0.5) is 0 Å². The lowest BCUT2D eigenvalue weighted by Crippen LogP contribution is -2.43. The quantitative estimate of drug-likeness (QED) is 0.518. The van der Waals surface area contributed by atoms with Gasteiger partial charge in [-0.25, -0.2) is 0 Å². The van der Waals surface area contributed by atoms with E-state index < -0.39 is 0 Å². The van der Waals surface area contributed by atoms with Gasteiger partial charge in [0.15, 0.2) is 0 Å². The van der Waals surface area contributed by atoms with E-state index in [0.29, 0.717) is 30.6 Å². The van der Waals surface area contributed by atoms with Crippen LogP contribution < -0.4 is 0 Å². The molecule has 1 saturated carbocycles. The number of ether oxygens (including phenoxy) is 1. The first-order valence-corrected chi connectivity index (χ1v) is 9.29. The van der Waals surface area contributed by atoms with Crippen LogP contribution >= 0.6 is 11.6 Å². The Kier molecular flexibility index (Phi) is 6.52. The predicted molar refractivity (Wildman–Crippen MR) is 95.8 cm³/mol. The van der Waals surface area contributed by atoms with E-state index in [2.05, 4.69) is 45.0 Å². The molecule has 0 radical (unpaired) electrons. The highest BCUT2D eigenvalue weighted by molar-refractivity contribution is 6.17. The Morgan fingerprint density at radius 3 is 2.61 bits per heavy atom. The monoisotopic (exact) mass is 336 g/mol. The molecule has 1 aliphatic carbocycles. The molecular formula is C20H29ClO2. The lowest BCUT2D eigenvalue weighted by atomic mass is 9.64. The predicted octanol–water partition coefficient (Wildman–Crippen LogP) is 5.33. The fraction of sp³-hybridized carbons (Fsp3) is 0.650. The van der Waals surface area contributed by atoms with Crippen molar-refractivity contribution in [3.05, 3.63) is 35.9 Å². The zero-order valence-corrected chi connectivity index (χ0v) is 15.3. The second-order valence-electron chi connectivity index (χ2n) is 7.43. The van der Waals surface area contributed by atoms with Crippen molar-refractivity contribution in [2.24, 2.45) is 11.8 Å². The van der Waals surface area contributed by atoms with Gasteiger partial charge in [-0.3, -0.25) is 4.79 Å². The summed E-state index contributed by atoms with van der Waals surface area (Å²) in [6.45, 7) is 6.82. The Morgan fingerprint density at radius 2 is 1.96 bits per heavy atom. The number of hydrogen-bond acceptors (Lipinski definition) is 2. The van der Waals surface area contributed by atoms with Gasteiger partial charge in [-0.1, -0.05) is 57.5 Å². The smallest absolute Gasteiger partial charge is 0.306 e. The highest BCUT2D eigenvalue weighted by Gasteiger charge is 2.41. The van der Waals surface area contributed by atoms with Gasteiger partial charge in [0, 0.05) is 18.2 Å². The summed E-state index contributed by atoms with van der Waals surface area (Å²) in [6.07, 6.45) is 4.40. The fourth-order valence-corrected chi connectivity index (χ4v) is 3.94. The van der Waals surface area contributed by atoms with Gasteiger partial charge < -0.3 is 4.74 Å². The van der Waals surface area contributed by atoms with Gasteiger partial charge in [0.1, 0.15) is 6.10 Å². The highest BCUT2D eigenvalue weighted by atomic mass is 35.5. The van der Waals surface area contributed by atoms with Crippen LogP contribution in [-0.4, -0.2) is 18.0 Å². The van der Waals surface area contributed by atoms with Crippen LogP contribution in [0.2, 0.25) is 0 Å². The molecule has 3 atom stereocenters. The summed E-state index contributed by atoms with van der Waals surface area (Å²) in [5.74, 6) is 1.39. The molecule has 0 spiro atoms. The Labute approximate surface area is 145 Å². The average Bonchev–Trinajstić information content (AvgIpc) is 2.53. The molecule has 2 nitrogen and oxygen atoms in total. The number of rotatable bonds is 6. The topological polar surface area (TPSA) is 26.3 Å². The lowest BCUT2D eigenvalue weighted by molar-refractivity contribution is -0.156. The minimum Gasteiger partial charge on any atom is -0.462 e. The van der Waals surface area contributed by atoms with Crippen LogP contribution in [0, 0.1) is 11.8 Å². The van der Waals surface area contributed by atoms with E-state index in [-0.39, 0.29) is 17.5 Å². The molecular weight excluding hydrogens is 308 g/mol. The summed E-state index contributed by atoms with van der Waals surface area (Å²) in [5, 5.41) is 0. The highest BCUT2D eigenvalue weighted by Crippen LogP contribution is 2.43. The van der Waals surface area contributed by atoms with Crippen LogP contribution in [0.15, 0.2) is 30.3 Å². The maximum absolute atomic E-state index is 12.1. The molecule has 0 saturated heterocycles. The molecule has 128 valence electrons. The molecule has 0 heterocycles. The summed E-state index contributed by atoms with van der Waals surface area (Å²) in [4.78, 5) is 12.1. The molecule has 0 amide bonds. The van der Waals surface area contributed by atoms with Crippen molar-refractivity contribution in [3.8, 4) is 0 Å². The molecule has 0 aliphatic heterocycles. The molecule has 1 aromatic carbocycles. The molecule has 1 aromatic rings. The van der Waals surface area contributed by atoms with Gasteiger partial charge in [0.2, 0.25) is 0 Å². The normalized spacial score (nSPS) is 25.1. The fourth-order valence-electron chi connectivity index (χ4n) is 3.81. The molecule has 1 aliphatic rings. The first-order chi connectivity index (χ1) is 10.9. The van der Waals surface area contributed by atoms with Gasteiger partial charge >= 0.3 is 5.97 Å². The standard InChI is InChI=1S/C20H29ClO2/c1-15-11-12-17(18(14-15)23-19(22)10-7-13-21)20(2,3)16-8-5-4-6-9-16/h4-6,8-9,15,17-18H,7,10-14H2,1-3H3/t15-,17-,18-/m1/s1. The van der Waals surface area contributed by atoms with Crippen molar-refractivity contribution in [3.63, 3.8) is 0 Å². The molecule has 0 unspecified atom stereocenters. The number of hydrogen-bond donors (Lipinski definition) is 0. The molecule has 3 heteroatoms.